The van der Waals surface area contributed by atoms with Crippen molar-refractivity contribution in [3.63, 3.8) is 0 Å². The van der Waals surface area contributed by atoms with Crippen molar-refractivity contribution in [1.29, 1.82) is 0 Å². The Balaban J connectivity index is 2.70. The predicted molar refractivity (Wildman–Crippen MR) is 141 cm³/mol. The molecule has 0 saturated carbocycles. The van der Waals surface area contributed by atoms with Crippen molar-refractivity contribution in [3.8, 4) is 0 Å². The molecule has 1 fully saturated rings. The van der Waals surface area contributed by atoms with Crippen LogP contribution in [-0.2, 0) is 23.9 Å². The van der Waals surface area contributed by atoms with E-state index in [9.17, 15) is 14.4 Å². The van der Waals surface area contributed by atoms with Gasteiger partial charge in [-0.25, -0.2) is 4.79 Å². The van der Waals surface area contributed by atoms with E-state index in [1.165, 1.54) is 25.7 Å². The van der Waals surface area contributed by atoms with E-state index in [0.29, 0.717) is 25.7 Å². The van der Waals surface area contributed by atoms with Gasteiger partial charge in [-0.2, -0.15) is 0 Å². The number of unbranched alkanes of at least 4 members (excludes halogenated alkanes) is 6. The maximum absolute atomic E-state index is 12.8. The van der Waals surface area contributed by atoms with Crippen molar-refractivity contribution in [2.24, 2.45) is 11.8 Å². The fourth-order valence-corrected chi connectivity index (χ4v) is 4.34. The Morgan fingerprint density at radius 1 is 1.03 bits per heavy atom. The van der Waals surface area contributed by atoms with E-state index in [-0.39, 0.29) is 23.9 Å². The lowest BCUT2D eigenvalue weighted by Gasteiger charge is -2.37. The first-order chi connectivity index (χ1) is 16.9. The summed E-state index contributed by atoms with van der Waals surface area (Å²) >= 11 is 0. The second-order valence-electron chi connectivity index (χ2n) is 10.1. The van der Waals surface area contributed by atoms with Crippen molar-refractivity contribution < 1.29 is 23.9 Å². The minimum absolute atomic E-state index is 0.109. The van der Waals surface area contributed by atoms with E-state index >= 15 is 0 Å². The van der Waals surface area contributed by atoms with Gasteiger partial charge in [0.1, 0.15) is 18.2 Å². The topological polar surface area (TPSA) is 81.7 Å². The number of allylic oxidation sites excluding steroid dienone is 3. The highest BCUT2D eigenvalue weighted by atomic mass is 16.6. The fourth-order valence-electron chi connectivity index (χ4n) is 4.34. The third-order valence-electron chi connectivity index (χ3n) is 6.41. The third-order valence-corrected chi connectivity index (χ3v) is 6.41. The standard InChI is InChI=1S/C29H49NO5/c1-5-7-9-11-12-13-14-15-16-18-24(34-29(33)26(30-22-31)20-23(3)4)21-27-25(28(32)35-27)19-17-10-8-6-2/h12-13,15-16,22-27H,5-11,14,17-21H2,1-4H3,(H,30,31)/b13-12-,16-15-. The Morgan fingerprint density at radius 2 is 1.74 bits per heavy atom. The summed E-state index contributed by atoms with van der Waals surface area (Å²) in [7, 11) is 0. The molecule has 1 rings (SSSR count). The van der Waals surface area contributed by atoms with Crippen LogP contribution in [0.2, 0.25) is 0 Å². The summed E-state index contributed by atoms with van der Waals surface area (Å²) in [5.74, 6) is -0.434. The van der Waals surface area contributed by atoms with Crippen molar-refractivity contribution >= 4 is 18.3 Å². The summed E-state index contributed by atoms with van der Waals surface area (Å²) in [5.41, 5.74) is 0. The number of esters is 2. The van der Waals surface area contributed by atoms with Crippen molar-refractivity contribution in [3.05, 3.63) is 24.3 Å². The molecule has 1 N–H and O–H groups in total. The highest BCUT2D eigenvalue weighted by Crippen LogP contribution is 2.32. The average Bonchev–Trinajstić information content (AvgIpc) is 2.81. The lowest BCUT2D eigenvalue weighted by molar-refractivity contribution is -0.190. The first-order valence-electron chi connectivity index (χ1n) is 13.8. The highest BCUT2D eigenvalue weighted by Gasteiger charge is 2.43. The number of amides is 1. The van der Waals surface area contributed by atoms with Crippen LogP contribution in [0.15, 0.2) is 24.3 Å². The second-order valence-corrected chi connectivity index (χ2v) is 10.1. The molecule has 1 amide bonds. The van der Waals surface area contributed by atoms with Gasteiger partial charge in [-0.15, -0.1) is 0 Å². The van der Waals surface area contributed by atoms with Crippen molar-refractivity contribution in [1.82, 2.24) is 5.32 Å². The summed E-state index contributed by atoms with van der Waals surface area (Å²) in [5, 5.41) is 2.59. The minimum atomic E-state index is -0.668. The molecule has 0 radical (unpaired) electrons. The van der Waals surface area contributed by atoms with Gasteiger partial charge in [-0.3, -0.25) is 9.59 Å². The lowest BCUT2D eigenvalue weighted by Crippen LogP contribution is -2.48. The van der Waals surface area contributed by atoms with Crippen molar-refractivity contribution in [2.45, 2.75) is 129 Å². The molecule has 0 bridgehead atoms. The van der Waals surface area contributed by atoms with E-state index in [1.54, 1.807) is 0 Å². The molecule has 4 atom stereocenters. The van der Waals surface area contributed by atoms with Gasteiger partial charge >= 0.3 is 11.9 Å². The van der Waals surface area contributed by atoms with E-state index < -0.39 is 18.1 Å². The molecule has 6 heteroatoms. The molecule has 6 nitrogen and oxygen atoms in total. The predicted octanol–water partition coefficient (Wildman–Crippen LogP) is 6.43. The van der Waals surface area contributed by atoms with Crippen LogP contribution in [0, 0.1) is 11.8 Å². The molecule has 1 heterocycles. The normalized spacial score (nSPS) is 19.5. The first kappa shape index (κ1) is 30.9. The number of cyclic esters (lactones) is 1. The minimum Gasteiger partial charge on any atom is -0.461 e. The van der Waals surface area contributed by atoms with Crippen LogP contribution in [-0.4, -0.2) is 36.6 Å². The molecular weight excluding hydrogens is 442 g/mol. The molecule has 35 heavy (non-hydrogen) atoms. The summed E-state index contributed by atoms with van der Waals surface area (Å²) in [6.07, 6.45) is 21.0. The van der Waals surface area contributed by atoms with E-state index in [0.717, 1.165) is 38.5 Å². The molecule has 1 saturated heterocycles. The summed E-state index contributed by atoms with van der Waals surface area (Å²) < 4.78 is 11.3. The Morgan fingerprint density at radius 3 is 2.40 bits per heavy atom. The molecule has 1 aliphatic rings. The molecule has 0 aromatic carbocycles. The SMILES string of the molecule is CCCCC/C=C\C/C=C\CC(CC1OC(=O)C1CCCCCC)OC(=O)C(CC(C)C)NC=O. The number of nitrogens with one attached hydrogen (secondary N) is 1. The molecule has 0 aliphatic carbocycles. The number of rotatable bonds is 21. The smallest absolute Gasteiger partial charge is 0.328 e. The highest BCUT2D eigenvalue weighted by molar-refractivity contribution is 5.79. The fraction of sp³-hybridized carbons (Fsp3) is 0.759. The van der Waals surface area contributed by atoms with Crippen LogP contribution >= 0.6 is 0 Å². The average molecular weight is 492 g/mol. The Hall–Kier alpha value is -2.11. The molecule has 0 aromatic rings. The second kappa shape index (κ2) is 19.1. The summed E-state index contributed by atoms with van der Waals surface area (Å²) in [6, 6.07) is -0.668. The van der Waals surface area contributed by atoms with Crippen LogP contribution in [0.3, 0.4) is 0 Å². The van der Waals surface area contributed by atoms with Gasteiger partial charge in [-0.05, 0) is 38.0 Å². The Kier molecular flexibility index (Phi) is 16.9. The number of carbonyl (C=O) groups excluding carboxylic acids is 3. The molecule has 4 unspecified atom stereocenters. The quantitative estimate of drug-likeness (QED) is 0.0865. The maximum atomic E-state index is 12.8. The van der Waals surface area contributed by atoms with Crippen LogP contribution in [0.4, 0.5) is 0 Å². The molecule has 0 spiro atoms. The zero-order chi connectivity index (χ0) is 25.9. The Bertz CT molecular complexity index is 657. The van der Waals surface area contributed by atoms with Crippen LogP contribution < -0.4 is 5.32 Å². The zero-order valence-electron chi connectivity index (χ0n) is 22.5. The molecule has 0 aromatic heterocycles. The van der Waals surface area contributed by atoms with Crippen LogP contribution in [0.5, 0.6) is 0 Å². The van der Waals surface area contributed by atoms with Gasteiger partial charge in [0.2, 0.25) is 6.41 Å². The monoisotopic (exact) mass is 491 g/mol. The van der Waals surface area contributed by atoms with Gasteiger partial charge < -0.3 is 14.8 Å². The third kappa shape index (κ3) is 13.5. The molecule has 1 aliphatic heterocycles. The number of ether oxygens (including phenoxy) is 2. The van der Waals surface area contributed by atoms with Gasteiger partial charge in [0.15, 0.2) is 0 Å². The summed E-state index contributed by atoms with van der Waals surface area (Å²) in [6.45, 7) is 8.37. The van der Waals surface area contributed by atoms with Crippen LogP contribution in [0.1, 0.15) is 111 Å². The number of carbonyl (C=O) groups is 3. The van der Waals surface area contributed by atoms with E-state index in [1.807, 2.05) is 19.9 Å². The van der Waals surface area contributed by atoms with E-state index in [4.69, 9.17) is 9.47 Å². The number of hydrogen-bond donors (Lipinski definition) is 1. The van der Waals surface area contributed by atoms with Gasteiger partial charge in [-0.1, -0.05) is 90.5 Å². The van der Waals surface area contributed by atoms with Gasteiger partial charge in [0.05, 0.1) is 5.92 Å². The lowest BCUT2D eigenvalue weighted by atomic mass is 9.87. The van der Waals surface area contributed by atoms with Gasteiger partial charge in [0.25, 0.3) is 0 Å². The summed E-state index contributed by atoms with van der Waals surface area (Å²) in [4.78, 5) is 35.9. The van der Waals surface area contributed by atoms with Crippen molar-refractivity contribution in [2.75, 3.05) is 0 Å². The van der Waals surface area contributed by atoms with Crippen LogP contribution in [0.25, 0.3) is 0 Å². The molecule has 200 valence electrons. The molecular formula is C29H49NO5. The Labute approximate surface area is 213 Å². The van der Waals surface area contributed by atoms with Gasteiger partial charge in [0, 0.05) is 12.8 Å². The van der Waals surface area contributed by atoms with E-state index in [2.05, 4.69) is 37.4 Å². The first-order valence-corrected chi connectivity index (χ1v) is 13.8. The number of hydrogen-bond acceptors (Lipinski definition) is 5. The largest absolute Gasteiger partial charge is 0.461 e. The zero-order valence-corrected chi connectivity index (χ0v) is 22.5. The maximum Gasteiger partial charge on any atom is 0.328 e.